The van der Waals surface area contributed by atoms with E-state index in [2.05, 4.69) is 5.32 Å². The molecule has 0 atom stereocenters. The molecule has 0 aromatic rings. The summed E-state index contributed by atoms with van der Waals surface area (Å²) in [6.07, 6.45) is 3.98. The molecule has 0 unspecified atom stereocenters. The van der Waals surface area contributed by atoms with Gasteiger partial charge in [-0.3, -0.25) is 4.79 Å². The van der Waals surface area contributed by atoms with Crippen molar-refractivity contribution >= 4 is 23.5 Å². The average molecular weight is 234 g/mol. The van der Waals surface area contributed by atoms with Gasteiger partial charge in [0.05, 0.1) is 0 Å². The van der Waals surface area contributed by atoms with Crippen molar-refractivity contribution in [2.75, 3.05) is 5.88 Å². The first kappa shape index (κ1) is 12.3. The van der Waals surface area contributed by atoms with E-state index in [1.807, 2.05) is 0 Å². The van der Waals surface area contributed by atoms with Crippen LogP contribution < -0.4 is 5.32 Å². The maximum absolute atomic E-state index is 11.4. The Kier molecular flexibility index (Phi) is 4.39. The molecule has 86 valence electrons. The molecular weight excluding hydrogens is 218 g/mol. The zero-order valence-corrected chi connectivity index (χ0v) is 9.35. The number of hydrogen-bond acceptors (Lipinski definition) is 2. The third-order valence-electron chi connectivity index (χ3n) is 2.82. The lowest BCUT2D eigenvalue weighted by Gasteiger charge is -2.33. The second-order valence-corrected chi connectivity index (χ2v) is 4.31. The molecule has 0 heterocycles. The van der Waals surface area contributed by atoms with Crippen molar-refractivity contribution in [3.63, 3.8) is 0 Å². The van der Waals surface area contributed by atoms with Crippen LogP contribution >= 0.6 is 11.6 Å². The summed E-state index contributed by atoms with van der Waals surface area (Å²) in [7, 11) is 0. The fourth-order valence-corrected chi connectivity index (χ4v) is 2.13. The topological polar surface area (TPSA) is 66.4 Å². The molecule has 1 aliphatic carbocycles. The van der Waals surface area contributed by atoms with Gasteiger partial charge in [-0.1, -0.05) is 19.3 Å². The molecule has 0 aliphatic heterocycles. The second kappa shape index (κ2) is 5.35. The van der Waals surface area contributed by atoms with E-state index in [1.165, 1.54) is 0 Å². The first-order chi connectivity index (χ1) is 7.10. The highest BCUT2D eigenvalue weighted by Crippen LogP contribution is 2.28. The SMILES string of the molecule is O=C(CCCl)NC1(C(=O)O)CCCCC1. The van der Waals surface area contributed by atoms with Crippen molar-refractivity contribution in [3.05, 3.63) is 0 Å². The molecular formula is C10H16ClNO3. The Bertz CT molecular complexity index is 249. The number of carboxylic acids is 1. The Balaban J connectivity index is 2.64. The fraction of sp³-hybridized carbons (Fsp3) is 0.800. The number of carboxylic acid groups (broad SMARTS) is 1. The van der Waals surface area contributed by atoms with Crippen LogP contribution in [0.4, 0.5) is 0 Å². The Morgan fingerprint density at radius 3 is 2.33 bits per heavy atom. The summed E-state index contributed by atoms with van der Waals surface area (Å²) in [5, 5.41) is 11.8. The summed E-state index contributed by atoms with van der Waals surface area (Å²) in [5.74, 6) is -0.971. The standard InChI is InChI=1S/C10H16ClNO3/c11-7-4-8(13)12-10(9(14)15)5-2-1-3-6-10/h1-7H2,(H,12,13)(H,14,15). The van der Waals surface area contributed by atoms with E-state index < -0.39 is 11.5 Å². The van der Waals surface area contributed by atoms with Crippen LogP contribution in [-0.2, 0) is 9.59 Å². The number of aliphatic carboxylic acids is 1. The Morgan fingerprint density at radius 2 is 1.87 bits per heavy atom. The highest BCUT2D eigenvalue weighted by Gasteiger charge is 2.40. The van der Waals surface area contributed by atoms with Gasteiger partial charge in [0.15, 0.2) is 0 Å². The van der Waals surface area contributed by atoms with Crippen LogP contribution in [0.5, 0.6) is 0 Å². The quantitative estimate of drug-likeness (QED) is 0.724. The van der Waals surface area contributed by atoms with Crippen molar-refractivity contribution in [2.24, 2.45) is 0 Å². The first-order valence-electron chi connectivity index (χ1n) is 5.21. The Morgan fingerprint density at radius 1 is 1.27 bits per heavy atom. The van der Waals surface area contributed by atoms with Crippen LogP contribution in [0.1, 0.15) is 38.5 Å². The predicted molar refractivity (Wildman–Crippen MR) is 56.9 cm³/mol. The summed E-state index contributed by atoms with van der Waals surface area (Å²) in [4.78, 5) is 22.5. The van der Waals surface area contributed by atoms with Gasteiger partial charge in [0.1, 0.15) is 5.54 Å². The van der Waals surface area contributed by atoms with Crippen LogP contribution in [0.2, 0.25) is 0 Å². The third-order valence-corrected chi connectivity index (χ3v) is 3.01. The lowest BCUT2D eigenvalue weighted by Crippen LogP contribution is -2.55. The highest BCUT2D eigenvalue weighted by molar-refractivity contribution is 6.19. The minimum Gasteiger partial charge on any atom is -0.480 e. The van der Waals surface area contributed by atoms with Gasteiger partial charge in [-0.05, 0) is 12.8 Å². The molecule has 0 saturated heterocycles. The van der Waals surface area contributed by atoms with Gasteiger partial charge >= 0.3 is 5.97 Å². The minimum absolute atomic E-state index is 0.177. The smallest absolute Gasteiger partial charge is 0.329 e. The van der Waals surface area contributed by atoms with E-state index in [4.69, 9.17) is 16.7 Å². The van der Waals surface area contributed by atoms with E-state index in [0.717, 1.165) is 19.3 Å². The number of rotatable bonds is 4. The third kappa shape index (κ3) is 3.09. The average Bonchev–Trinajstić information content (AvgIpc) is 2.19. The van der Waals surface area contributed by atoms with E-state index in [0.29, 0.717) is 12.8 Å². The number of amides is 1. The number of carbonyl (C=O) groups is 2. The number of alkyl halides is 1. The molecule has 5 heteroatoms. The van der Waals surface area contributed by atoms with Gasteiger partial charge in [0, 0.05) is 12.3 Å². The van der Waals surface area contributed by atoms with Crippen LogP contribution in [-0.4, -0.2) is 28.4 Å². The lowest BCUT2D eigenvalue weighted by molar-refractivity contribution is -0.149. The van der Waals surface area contributed by atoms with Crippen LogP contribution in [0.15, 0.2) is 0 Å². The Labute approximate surface area is 94.0 Å². The maximum atomic E-state index is 11.4. The first-order valence-corrected chi connectivity index (χ1v) is 5.74. The number of nitrogens with one attached hydrogen (secondary N) is 1. The predicted octanol–water partition coefficient (Wildman–Crippen LogP) is 1.52. The summed E-state index contributed by atoms with van der Waals surface area (Å²) < 4.78 is 0. The molecule has 15 heavy (non-hydrogen) atoms. The van der Waals surface area contributed by atoms with Gasteiger partial charge in [0.25, 0.3) is 0 Å². The summed E-state index contributed by atoms with van der Waals surface area (Å²) in [6.45, 7) is 0. The normalized spacial score (nSPS) is 19.5. The van der Waals surface area contributed by atoms with E-state index in [1.54, 1.807) is 0 Å². The number of carbonyl (C=O) groups excluding carboxylic acids is 1. The van der Waals surface area contributed by atoms with Gasteiger partial charge in [0.2, 0.25) is 5.91 Å². The van der Waals surface area contributed by atoms with E-state index in [9.17, 15) is 9.59 Å². The van der Waals surface area contributed by atoms with Crippen molar-refractivity contribution < 1.29 is 14.7 Å². The zero-order valence-electron chi connectivity index (χ0n) is 8.59. The zero-order chi connectivity index (χ0) is 11.3. The molecule has 1 aliphatic rings. The summed E-state index contributed by atoms with van der Waals surface area (Å²) in [5.41, 5.74) is -1.04. The highest BCUT2D eigenvalue weighted by atomic mass is 35.5. The van der Waals surface area contributed by atoms with Gasteiger partial charge in [-0.2, -0.15) is 0 Å². The molecule has 1 fully saturated rings. The Hall–Kier alpha value is -0.770. The largest absolute Gasteiger partial charge is 0.480 e. The molecule has 0 spiro atoms. The van der Waals surface area contributed by atoms with E-state index >= 15 is 0 Å². The lowest BCUT2D eigenvalue weighted by atomic mass is 9.81. The molecule has 0 bridgehead atoms. The van der Waals surface area contributed by atoms with Crippen LogP contribution in [0, 0.1) is 0 Å². The summed E-state index contributed by atoms with van der Waals surface area (Å²) >= 11 is 5.43. The number of hydrogen-bond donors (Lipinski definition) is 2. The van der Waals surface area contributed by atoms with Crippen molar-refractivity contribution in [3.8, 4) is 0 Å². The molecule has 4 nitrogen and oxygen atoms in total. The molecule has 2 N–H and O–H groups in total. The molecule has 0 radical (unpaired) electrons. The molecule has 1 rings (SSSR count). The van der Waals surface area contributed by atoms with Crippen LogP contribution in [0.25, 0.3) is 0 Å². The minimum atomic E-state index is -1.04. The fourth-order valence-electron chi connectivity index (χ4n) is 1.96. The van der Waals surface area contributed by atoms with Gasteiger partial charge in [-0.25, -0.2) is 4.79 Å². The monoisotopic (exact) mass is 233 g/mol. The van der Waals surface area contributed by atoms with Crippen molar-refractivity contribution in [1.29, 1.82) is 0 Å². The maximum Gasteiger partial charge on any atom is 0.329 e. The van der Waals surface area contributed by atoms with E-state index in [-0.39, 0.29) is 18.2 Å². The van der Waals surface area contributed by atoms with Gasteiger partial charge in [-0.15, -0.1) is 11.6 Å². The van der Waals surface area contributed by atoms with Crippen molar-refractivity contribution in [2.45, 2.75) is 44.1 Å². The van der Waals surface area contributed by atoms with Crippen molar-refractivity contribution in [1.82, 2.24) is 5.32 Å². The second-order valence-electron chi connectivity index (χ2n) is 3.94. The molecule has 1 amide bonds. The molecule has 0 aromatic carbocycles. The summed E-state index contributed by atoms with van der Waals surface area (Å²) in [6, 6.07) is 0. The molecule has 1 saturated carbocycles. The number of halogens is 1. The van der Waals surface area contributed by atoms with Crippen LogP contribution in [0.3, 0.4) is 0 Å². The molecule has 0 aromatic heterocycles. The van der Waals surface area contributed by atoms with Gasteiger partial charge < -0.3 is 10.4 Å².